The molecule has 0 aromatic rings. The molecule has 0 aromatic carbocycles. The quantitative estimate of drug-likeness (QED) is 0.735. The van der Waals surface area contributed by atoms with E-state index in [4.69, 9.17) is 0 Å². The molecule has 2 amide bonds. The molecule has 0 aromatic heterocycles. The van der Waals surface area contributed by atoms with Crippen LogP contribution in [0.5, 0.6) is 0 Å². The number of hydrogen-bond donors (Lipinski definition) is 1. The van der Waals surface area contributed by atoms with Crippen molar-refractivity contribution in [3.63, 3.8) is 0 Å². The van der Waals surface area contributed by atoms with Crippen LogP contribution in [0, 0.1) is 11.8 Å². The molecule has 0 aliphatic rings. The van der Waals surface area contributed by atoms with E-state index in [9.17, 15) is 9.59 Å². The summed E-state index contributed by atoms with van der Waals surface area (Å²) in [6.07, 6.45) is 5.96. The lowest BCUT2D eigenvalue weighted by Gasteiger charge is -2.14. The van der Waals surface area contributed by atoms with Gasteiger partial charge in [0.05, 0.1) is 0 Å². The summed E-state index contributed by atoms with van der Waals surface area (Å²) in [7, 11) is 0. The third-order valence-corrected chi connectivity index (χ3v) is 3.12. The van der Waals surface area contributed by atoms with Crippen LogP contribution in [0.3, 0.4) is 0 Å². The van der Waals surface area contributed by atoms with E-state index in [1.54, 1.807) is 0 Å². The molecule has 2 unspecified atom stereocenters. The van der Waals surface area contributed by atoms with E-state index in [0.29, 0.717) is 0 Å². The molecular weight excluding hydrogens is 250 g/mol. The Bertz CT molecular complexity index is 220. The van der Waals surface area contributed by atoms with Crippen molar-refractivity contribution in [1.82, 2.24) is 5.32 Å². The Hall–Kier alpha value is -0.570. The highest BCUT2D eigenvalue weighted by Gasteiger charge is 2.18. The van der Waals surface area contributed by atoms with Gasteiger partial charge in [0.1, 0.15) is 0 Å². The summed E-state index contributed by atoms with van der Waals surface area (Å²) in [6, 6.07) is 0. The van der Waals surface area contributed by atoms with Gasteiger partial charge >= 0.3 is 0 Å². The summed E-state index contributed by atoms with van der Waals surface area (Å²) in [5.41, 5.74) is 0. The molecule has 0 saturated carbocycles. The Morgan fingerprint density at radius 3 is 1.50 bits per heavy atom. The van der Waals surface area contributed by atoms with Gasteiger partial charge in [-0.25, -0.2) is 0 Å². The van der Waals surface area contributed by atoms with Crippen LogP contribution in [0.25, 0.3) is 0 Å². The van der Waals surface area contributed by atoms with E-state index in [1.165, 1.54) is 0 Å². The fraction of sp³-hybridized carbons (Fsp3) is 0.857. The first-order valence-electron chi connectivity index (χ1n) is 6.87. The molecule has 4 heteroatoms. The molecule has 0 fully saturated rings. The van der Waals surface area contributed by atoms with Gasteiger partial charge in [0, 0.05) is 11.8 Å². The number of amides is 2. The number of hydrogen-bond acceptors (Lipinski definition) is 2. The van der Waals surface area contributed by atoms with Crippen molar-refractivity contribution in [2.75, 3.05) is 0 Å². The predicted molar refractivity (Wildman–Crippen MR) is 77.8 cm³/mol. The molecule has 0 saturated heterocycles. The topological polar surface area (TPSA) is 46.2 Å². The van der Waals surface area contributed by atoms with Crippen LogP contribution < -0.4 is 5.32 Å². The van der Waals surface area contributed by atoms with E-state index in [-0.39, 0.29) is 36.1 Å². The van der Waals surface area contributed by atoms with Crippen molar-refractivity contribution in [3.8, 4) is 0 Å². The zero-order valence-electron chi connectivity index (χ0n) is 12.1. The minimum Gasteiger partial charge on any atom is -0.296 e. The van der Waals surface area contributed by atoms with E-state index in [0.717, 1.165) is 38.5 Å². The number of unbranched alkanes of at least 4 members (excludes halogenated alkanes) is 2. The molecular formula is C14H28ClNO2. The van der Waals surface area contributed by atoms with Crippen LogP contribution in [-0.2, 0) is 9.59 Å². The van der Waals surface area contributed by atoms with Gasteiger partial charge < -0.3 is 0 Å². The molecule has 0 aliphatic carbocycles. The molecule has 0 radical (unpaired) electrons. The Morgan fingerprint density at radius 2 is 1.22 bits per heavy atom. The van der Waals surface area contributed by atoms with E-state index in [1.807, 2.05) is 13.8 Å². The molecule has 0 aliphatic heterocycles. The number of halogens is 1. The van der Waals surface area contributed by atoms with Gasteiger partial charge in [-0.3, -0.25) is 14.9 Å². The molecule has 18 heavy (non-hydrogen) atoms. The zero-order chi connectivity index (χ0) is 13.3. The maximum Gasteiger partial charge on any atom is 0.229 e. The first-order valence-corrected chi connectivity index (χ1v) is 6.87. The second-order valence-electron chi connectivity index (χ2n) is 4.94. The fourth-order valence-electron chi connectivity index (χ4n) is 1.65. The first-order chi connectivity index (χ1) is 8.02. The Morgan fingerprint density at radius 1 is 0.889 bits per heavy atom. The van der Waals surface area contributed by atoms with Gasteiger partial charge in [0.25, 0.3) is 0 Å². The molecule has 0 heterocycles. The smallest absolute Gasteiger partial charge is 0.229 e. The minimum absolute atomic E-state index is 0. The lowest BCUT2D eigenvalue weighted by molar-refractivity contribution is -0.134. The summed E-state index contributed by atoms with van der Waals surface area (Å²) in [5, 5.41) is 2.52. The van der Waals surface area contributed by atoms with Crippen LogP contribution in [-0.4, -0.2) is 11.8 Å². The molecule has 3 nitrogen and oxygen atoms in total. The molecule has 0 rings (SSSR count). The molecule has 108 valence electrons. The Kier molecular flexibility index (Phi) is 12.6. The number of nitrogens with one attached hydrogen (secondary N) is 1. The second kappa shape index (κ2) is 11.5. The summed E-state index contributed by atoms with van der Waals surface area (Å²) in [4.78, 5) is 23.4. The third-order valence-electron chi connectivity index (χ3n) is 3.12. The second-order valence-corrected chi connectivity index (χ2v) is 4.94. The van der Waals surface area contributed by atoms with Crippen LogP contribution in [0.1, 0.15) is 66.2 Å². The van der Waals surface area contributed by atoms with Crippen molar-refractivity contribution in [1.29, 1.82) is 0 Å². The Balaban J connectivity index is 0. The van der Waals surface area contributed by atoms with Gasteiger partial charge in [0.2, 0.25) is 11.8 Å². The monoisotopic (exact) mass is 277 g/mol. The van der Waals surface area contributed by atoms with Crippen molar-refractivity contribution < 1.29 is 9.59 Å². The number of carbonyl (C=O) groups is 2. The predicted octanol–water partition coefficient (Wildman–Crippen LogP) is 3.70. The highest BCUT2D eigenvalue weighted by Crippen LogP contribution is 2.10. The van der Waals surface area contributed by atoms with Crippen LogP contribution >= 0.6 is 12.4 Å². The number of carbonyl (C=O) groups excluding carboxylic acids is 2. The molecule has 0 bridgehead atoms. The van der Waals surface area contributed by atoms with Crippen molar-refractivity contribution in [2.24, 2.45) is 11.8 Å². The van der Waals surface area contributed by atoms with Crippen LogP contribution in [0.4, 0.5) is 0 Å². The van der Waals surface area contributed by atoms with E-state index >= 15 is 0 Å². The summed E-state index contributed by atoms with van der Waals surface area (Å²) in [5.74, 6) is -0.354. The third kappa shape index (κ3) is 8.51. The van der Waals surface area contributed by atoms with Gasteiger partial charge in [-0.2, -0.15) is 0 Å². The molecule has 2 atom stereocenters. The standard InChI is InChI=1S/C14H27NO2.ClH/c1-5-7-9-11(3)13(16)15-14(17)12(4)10-8-6-2;/h11-12H,5-10H2,1-4H3,(H,15,16,17);1H. The van der Waals surface area contributed by atoms with E-state index < -0.39 is 0 Å². The average Bonchev–Trinajstić information content (AvgIpc) is 2.32. The lowest BCUT2D eigenvalue weighted by Crippen LogP contribution is -2.37. The van der Waals surface area contributed by atoms with Gasteiger partial charge in [-0.1, -0.05) is 53.4 Å². The SMILES string of the molecule is CCCCC(C)C(=O)NC(=O)C(C)CCCC.Cl. The van der Waals surface area contributed by atoms with E-state index in [2.05, 4.69) is 19.2 Å². The summed E-state index contributed by atoms with van der Waals surface area (Å²) in [6.45, 7) is 7.97. The van der Waals surface area contributed by atoms with Crippen molar-refractivity contribution >= 4 is 24.2 Å². The van der Waals surface area contributed by atoms with Crippen molar-refractivity contribution in [2.45, 2.75) is 66.2 Å². The fourth-order valence-corrected chi connectivity index (χ4v) is 1.65. The van der Waals surface area contributed by atoms with Crippen molar-refractivity contribution in [3.05, 3.63) is 0 Å². The van der Waals surface area contributed by atoms with Gasteiger partial charge in [-0.15, -0.1) is 12.4 Å². The maximum absolute atomic E-state index is 11.7. The first kappa shape index (κ1) is 19.8. The summed E-state index contributed by atoms with van der Waals surface area (Å²) >= 11 is 0. The van der Waals surface area contributed by atoms with Gasteiger partial charge in [0.15, 0.2) is 0 Å². The van der Waals surface area contributed by atoms with Gasteiger partial charge in [-0.05, 0) is 12.8 Å². The normalized spacial score (nSPS) is 13.3. The molecule has 1 N–H and O–H groups in total. The average molecular weight is 278 g/mol. The highest BCUT2D eigenvalue weighted by atomic mass is 35.5. The number of imide groups is 1. The zero-order valence-corrected chi connectivity index (χ0v) is 12.9. The maximum atomic E-state index is 11.7. The van der Waals surface area contributed by atoms with Crippen LogP contribution in [0.2, 0.25) is 0 Å². The highest BCUT2D eigenvalue weighted by molar-refractivity contribution is 5.96. The lowest BCUT2D eigenvalue weighted by atomic mass is 10.0. The molecule has 0 spiro atoms. The Labute approximate surface area is 118 Å². The largest absolute Gasteiger partial charge is 0.296 e. The van der Waals surface area contributed by atoms with Crippen LogP contribution in [0.15, 0.2) is 0 Å². The minimum atomic E-state index is -0.119. The summed E-state index contributed by atoms with van der Waals surface area (Å²) < 4.78 is 0. The number of rotatable bonds is 8.